The number of halogens is 1. The predicted molar refractivity (Wildman–Crippen MR) is 136 cm³/mol. The summed E-state index contributed by atoms with van der Waals surface area (Å²) in [5.74, 6) is 0. The van der Waals surface area contributed by atoms with E-state index in [9.17, 15) is 10.2 Å². The van der Waals surface area contributed by atoms with Crippen LogP contribution in [0.1, 0.15) is 0 Å². The molecule has 36 heavy (non-hydrogen) atoms. The van der Waals surface area contributed by atoms with E-state index >= 15 is 0 Å². The largest absolute Gasteiger partial charge is 0.456 e. The van der Waals surface area contributed by atoms with Crippen LogP contribution in [0.15, 0.2) is 79.1 Å². The minimum atomic E-state index is -0.928. The molecule has 3 heterocycles. The van der Waals surface area contributed by atoms with Gasteiger partial charge in [0.2, 0.25) is 0 Å². The van der Waals surface area contributed by atoms with Crippen LogP contribution in [-0.4, -0.2) is 61.5 Å². The van der Waals surface area contributed by atoms with Crippen LogP contribution in [0.5, 0.6) is 6.01 Å². The highest BCUT2D eigenvalue weighted by atomic mass is 35.5. The summed E-state index contributed by atoms with van der Waals surface area (Å²) in [6, 6.07) is 22.3. The first-order chi connectivity index (χ1) is 17.6. The summed E-state index contributed by atoms with van der Waals surface area (Å²) in [5.41, 5.74) is 6.44. The van der Waals surface area contributed by atoms with Gasteiger partial charge >= 0.3 is 0 Å². The molecular weight excluding hydrogens is 480 g/mol. The Labute approximate surface area is 211 Å². The molecule has 6 rings (SSSR count). The second-order valence-electron chi connectivity index (χ2n) is 8.67. The fourth-order valence-corrected chi connectivity index (χ4v) is 4.69. The molecule has 0 unspecified atom stereocenters. The zero-order chi connectivity index (χ0) is 24.6. The van der Waals surface area contributed by atoms with Crippen molar-refractivity contribution in [3.05, 3.63) is 84.1 Å². The number of H-pyrrole nitrogens is 1. The minimum Gasteiger partial charge on any atom is -0.456 e. The van der Waals surface area contributed by atoms with E-state index in [2.05, 4.69) is 39.3 Å². The van der Waals surface area contributed by atoms with Crippen molar-refractivity contribution in [1.82, 2.24) is 19.7 Å². The van der Waals surface area contributed by atoms with Gasteiger partial charge in [-0.1, -0.05) is 48.0 Å². The van der Waals surface area contributed by atoms with E-state index in [1.54, 1.807) is 6.20 Å². The normalized spacial score (nSPS) is 19.7. The Kier molecular flexibility index (Phi) is 5.94. The molecule has 0 radical (unpaired) electrons. The maximum Gasteiger partial charge on any atom is 0.295 e. The van der Waals surface area contributed by atoms with E-state index in [4.69, 9.17) is 21.1 Å². The lowest BCUT2D eigenvalue weighted by atomic mass is 10.00. The van der Waals surface area contributed by atoms with Crippen LogP contribution >= 0.6 is 11.6 Å². The lowest BCUT2D eigenvalue weighted by Crippen LogP contribution is -2.36. The van der Waals surface area contributed by atoms with Crippen molar-refractivity contribution in [3.8, 4) is 34.0 Å². The highest BCUT2D eigenvalue weighted by Gasteiger charge is 2.37. The van der Waals surface area contributed by atoms with Gasteiger partial charge in [-0.3, -0.25) is 0 Å². The van der Waals surface area contributed by atoms with Crippen molar-refractivity contribution in [3.63, 3.8) is 0 Å². The number of hydrogen-bond acceptors (Lipinski definition) is 6. The van der Waals surface area contributed by atoms with Crippen molar-refractivity contribution in [2.24, 2.45) is 0 Å². The van der Waals surface area contributed by atoms with Crippen molar-refractivity contribution in [2.75, 3.05) is 13.2 Å². The van der Waals surface area contributed by atoms with Crippen LogP contribution in [0.25, 0.3) is 39.0 Å². The Morgan fingerprint density at radius 3 is 2.44 bits per heavy atom. The second-order valence-corrected chi connectivity index (χ2v) is 9.07. The van der Waals surface area contributed by atoms with Crippen LogP contribution in [0.2, 0.25) is 5.02 Å². The van der Waals surface area contributed by atoms with Gasteiger partial charge in [0.15, 0.2) is 6.10 Å². The molecule has 3 N–H and O–H groups in total. The quantitative estimate of drug-likeness (QED) is 0.321. The Morgan fingerprint density at radius 1 is 1.06 bits per heavy atom. The molecule has 5 aromatic rings. The van der Waals surface area contributed by atoms with Crippen LogP contribution in [-0.2, 0) is 4.74 Å². The molecule has 3 atom stereocenters. The first kappa shape index (κ1) is 22.8. The van der Waals surface area contributed by atoms with E-state index in [0.717, 1.165) is 33.5 Å². The van der Waals surface area contributed by atoms with Gasteiger partial charge in [0.05, 0.1) is 35.0 Å². The molecule has 8 nitrogen and oxygen atoms in total. The number of benzene rings is 3. The number of aromatic nitrogens is 4. The summed E-state index contributed by atoms with van der Waals surface area (Å²) >= 11 is 6.62. The van der Waals surface area contributed by atoms with Gasteiger partial charge in [-0.2, -0.15) is 10.1 Å². The Balaban J connectivity index is 1.22. The summed E-state index contributed by atoms with van der Waals surface area (Å²) in [5, 5.41) is 24.3. The molecule has 0 aliphatic carbocycles. The number of aliphatic hydroxyl groups excluding tert-OH is 2. The molecule has 0 saturated carbocycles. The van der Waals surface area contributed by atoms with Crippen LogP contribution in [0.3, 0.4) is 0 Å². The maximum atomic E-state index is 10.2. The van der Waals surface area contributed by atoms with Gasteiger partial charge in [0.25, 0.3) is 6.01 Å². The topological polar surface area (TPSA) is 105 Å². The molecule has 182 valence electrons. The van der Waals surface area contributed by atoms with Gasteiger partial charge < -0.3 is 24.7 Å². The Bertz CT molecular complexity index is 1480. The smallest absolute Gasteiger partial charge is 0.295 e. The first-order valence-electron chi connectivity index (χ1n) is 11.6. The van der Waals surface area contributed by atoms with Crippen LogP contribution < -0.4 is 4.74 Å². The third-order valence-corrected chi connectivity index (χ3v) is 6.71. The van der Waals surface area contributed by atoms with Crippen molar-refractivity contribution >= 4 is 22.6 Å². The average molecular weight is 503 g/mol. The van der Waals surface area contributed by atoms with E-state index in [0.29, 0.717) is 10.5 Å². The van der Waals surface area contributed by atoms with Crippen molar-refractivity contribution in [1.29, 1.82) is 0 Å². The number of aromatic amines is 1. The fraction of sp³-hybridized carbons (Fsp3) is 0.185. The molecule has 1 aliphatic heterocycles. The van der Waals surface area contributed by atoms with Crippen molar-refractivity contribution < 1.29 is 19.7 Å². The zero-order valence-corrected chi connectivity index (χ0v) is 19.8. The first-order valence-corrected chi connectivity index (χ1v) is 11.9. The second kappa shape index (κ2) is 9.40. The summed E-state index contributed by atoms with van der Waals surface area (Å²) in [4.78, 5) is 7.60. The Morgan fingerprint density at radius 2 is 1.78 bits per heavy atom. The van der Waals surface area contributed by atoms with E-state index in [1.165, 1.54) is 0 Å². The third kappa shape index (κ3) is 4.25. The van der Waals surface area contributed by atoms with E-state index in [1.807, 2.05) is 53.3 Å². The summed E-state index contributed by atoms with van der Waals surface area (Å²) in [6.45, 7) is -0.0940. The fourth-order valence-electron chi connectivity index (χ4n) is 4.42. The predicted octanol–water partition coefficient (Wildman–Crippen LogP) is 4.24. The minimum absolute atomic E-state index is 0.174. The molecular formula is C27H23ClN4O4. The molecule has 2 aromatic heterocycles. The SMILES string of the molecule is OC[C@H]1OC[C@@H](Oc2nc3cc(-c4ccc(-c5ccc(-n6cccn6)cc5)cc4)c(Cl)cc3[nH]2)[C@@H]1O. The number of aliphatic hydroxyl groups is 2. The third-order valence-electron chi connectivity index (χ3n) is 6.39. The lowest BCUT2D eigenvalue weighted by Gasteiger charge is -2.15. The van der Waals surface area contributed by atoms with Gasteiger partial charge in [0, 0.05) is 18.0 Å². The van der Waals surface area contributed by atoms with Gasteiger partial charge in [-0.25, -0.2) is 4.68 Å². The summed E-state index contributed by atoms with van der Waals surface area (Å²) in [6.07, 6.45) is 1.48. The standard InChI is InChI=1S/C27H23ClN4O4/c28-21-13-23-22(30-27(31-23)36-25-15-35-24(14-33)26(25)34)12-20(21)18-4-2-16(3-5-18)17-6-8-19(9-7-17)32-11-1-10-29-32/h1-13,24-26,33-34H,14-15H2,(H,30,31)/t24-,25-,26-/m1/s1. The molecule has 1 aliphatic rings. The highest BCUT2D eigenvalue weighted by molar-refractivity contribution is 6.34. The number of fused-ring (bicyclic) bond motifs is 1. The number of hydrogen-bond donors (Lipinski definition) is 3. The molecule has 0 bridgehead atoms. The highest BCUT2D eigenvalue weighted by Crippen LogP contribution is 2.34. The zero-order valence-electron chi connectivity index (χ0n) is 19.1. The molecule has 1 saturated heterocycles. The molecule has 0 spiro atoms. The molecule has 9 heteroatoms. The van der Waals surface area contributed by atoms with Crippen LogP contribution in [0, 0.1) is 0 Å². The maximum absolute atomic E-state index is 10.2. The van der Waals surface area contributed by atoms with Crippen molar-refractivity contribution in [2.45, 2.75) is 18.3 Å². The lowest BCUT2D eigenvalue weighted by molar-refractivity contribution is -0.00390. The average Bonchev–Trinajstić information content (AvgIpc) is 3.65. The number of nitrogens with one attached hydrogen (secondary N) is 1. The molecule has 0 amide bonds. The van der Waals surface area contributed by atoms with Gasteiger partial charge in [-0.05, 0) is 47.0 Å². The van der Waals surface area contributed by atoms with Gasteiger partial charge in [-0.15, -0.1) is 0 Å². The number of imidazole rings is 1. The van der Waals surface area contributed by atoms with Crippen LogP contribution in [0.4, 0.5) is 0 Å². The molecule has 1 fully saturated rings. The summed E-state index contributed by atoms with van der Waals surface area (Å²) < 4.78 is 13.0. The van der Waals surface area contributed by atoms with E-state index < -0.39 is 18.3 Å². The number of rotatable bonds is 6. The number of nitrogens with zero attached hydrogens (tertiary/aromatic N) is 3. The number of ether oxygens (including phenoxy) is 2. The molecule has 3 aromatic carbocycles. The van der Waals surface area contributed by atoms with E-state index in [-0.39, 0.29) is 19.2 Å². The Hall–Kier alpha value is -3.69. The van der Waals surface area contributed by atoms with Gasteiger partial charge in [0.1, 0.15) is 12.2 Å². The monoisotopic (exact) mass is 502 g/mol. The summed E-state index contributed by atoms with van der Waals surface area (Å²) in [7, 11) is 0.